The van der Waals surface area contributed by atoms with Crippen LogP contribution in [0.3, 0.4) is 0 Å². The molecular formula is C15H14N2. The first-order valence-electron chi connectivity index (χ1n) is 5.57. The van der Waals surface area contributed by atoms with Crippen molar-refractivity contribution in [1.29, 1.82) is 5.26 Å². The van der Waals surface area contributed by atoms with Crippen molar-refractivity contribution in [2.45, 2.75) is 13.5 Å². The highest BCUT2D eigenvalue weighted by Crippen LogP contribution is 2.16. The lowest BCUT2D eigenvalue weighted by Crippen LogP contribution is -2.15. The van der Waals surface area contributed by atoms with Crippen LogP contribution in [0.25, 0.3) is 0 Å². The molecule has 0 spiro atoms. The zero-order valence-corrected chi connectivity index (χ0v) is 9.80. The first-order valence-corrected chi connectivity index (χ1v) is 5.57. The van der Waals surface area contributed by atoms with E-state index in [0.717, 1.165) is 11.3 Å². The van der Waals surface area contributed by atoms with Crippen LogP contribution in [0.15, 0.2) is 54.6 Å². The molecule has 0 bridgehead atoms. The summed E-state index contributed by atoms with van der Waals surface area (Å²) < 4.78 is 0. The van der Waals surface area contributed by atoms with Gasteiger partial charge in [0.2, 0.25) is 0 Å². The van der Waals surface area contributed by atoms with Crippen LogP contribution in [0.1, 0.15) is 11.1 Å². The molecule has 2 nitrogen and oxygen atoms in total. The molecule has 2 rings (SSSR count). The molecule has 0 amide bonds. The third-order valence-electron chi connectivity index (χ3n) is 2.61. The molecule has 0 aromatic heterocycles. The van der Waals surface area contributed by atoms with E-state index in [9.17, 15) is 5.26 Å². The molecule has 0 radical (unpaired) electrons. The van der Waals surface area contributed by atoms with Crippen molar-refractivity contribution in [1.82, 2.24) is 0 Å². The van der Waals surface area contributed by atoms with Gasteiger partial charge in [0.25, 0.3) is 0 Å². The first-order chi connectivity index (χ1) is 8.29. The molecule has 2 heteroatoms. The molecule has 2 aromatic carbocycles. The van der Waals surface area contributed by atoms with Gasteiger partial charge in [-0.25, -0.2) is 0 Å². The van der Waals surface area contributed by atoms with Crippen molar-refractivity contribution in [2.24, 2.45) is 0 Å². The third-order valence-corrected chi connectivity index (χ3v) is 2.61. The summed E-state index contributed by atoms with van der Waals surface area (Å²) in [5.41, 5.74) is 3.29. The lowest BCUT2D eigenvalue weighted by Gasteiger charge is -2.15. The lowest BCUT2D eigenvalue weighted by atomic mass is 10.1. The fourth-order valence-electron chi connectivity index (χ4n) is 1.79. The van der Waals surface area contributed by atoms with Crippen LogP contribution in [0.2, 0.25) is 0 Å². The van der Waals surface area contributed by atoms with Gasteiger partial charge < -0.3 is 0 Å². The molecule has 84 valence electrons. The SMILES string of the molecule is Cc1cccc(CN(C#N)c2ccccc2)c1. The number of benzene rings is 2. The van der Waals surface area contributed by atoms with Crippen molar-refractivity contribution in [3.8, 4) is 6.19 Å². The van der Waals surface area contributed by atoms with Gasteiger partial charge in [0.15, 0.2) is 6.19 Å². The van der Waals surface area contributed by atoms with E-state index in [4.69, 9.17) is 0 Å². The highest BCUT2D eigenvalue weighted by molar-refractivity contribution is 5.50. The zero-order valence-electron chi connectivity index (χ0n) is 9.80. The van der Waals surface area contributed by atoms with Crippen LogP contribution in [0.5, 0.6) is 0 Å². The Morgan fingerprint density at radius 2 is 1.82 bits per heavy atom. The Morgan fingerprint density at radius 1 is 1.06 bits per heavy atom. The molecule has 0 aliphatic rings. The molecule has 0 N–H and O–H groups in total. The van der Waals surface area contributed by atoms with Gasteiger partial charge >= 0.3 is 0 Å². The maximum atomic E-state index is 9.19. The highest BCUT2D eigenvalue weighted by Gasteiger charge is 2.05. The zero-order chi connectivity index (χ0) is 12.1. The second-order valence-electron chi connectivity index (χ2n) is 4.01. The largest absolute Gasteiger partial charge is 0.275 e. The maximum absolute atomic E-state index is 9.19. The minimum Gasteiger partial charge on any atom is -0.275 e. The van der Waals surface area contributed by atoms with Crippen LogP contribution in [0.4, 0.5) is 5.69 Å². The number of rotatable bonds is 3. The smallest absolute Gasteiger partial charge is 0.184 e. The fourth-order valence-corrected chi connectivity index (χ4v) is 1.79. The maximum Gasteiger partial charge on any atom is 0.184 e. The minimum atomic E-state index is 0.613. The highest BCUT2D eigenvalue weighted by atomic mass is 15.1. The Morgan fingerprint density at radius 3 is 2.47 bits per heavy atom. The number of anilines is 1. The van der Waals surface area contributed by atoms with Crippen LogP contribution >= 0.6 is 0 Å². The summed E-state index contributed by atoms with van der Waals surface area (Å²) >= 11 is 0. The van der Waals surface area contributed by atoms with Gasteiger partial charge in [-0.15, -0.1) is 0 Å². The van der Waals surface area contributed by atoms with Crippen molar-refractivity contribution < 1.29 is 0 Å². The minimum absolute atomic E-state index is 0.613. The average Bonchev–Trinajstić information content (AvgIpc) is 2.37. The summed E-state index contributed by atoms with van der Waals surface area (Å²) in [5, 5.41) is 9.19. The normalized spacial score (nSPS) is 9.65. The number of nitrogens with zero attached hydrogens (tertiary/aromatic N) is 2. The second-order valence-corrected chi connectivity index (χ2v) is 4.01. The van der Waals surface area contributed by atoms with E-state index in [1.165, 1.54) is 5.56 Å². The summed E-state index contributed by atoms with van der Waals surface area (Å²) in [6.45, 7) is 2.67. The van der Waals surface area contributed by atoms with E-state index in [0.29, 0.717) is 6.54 Å². The molecule has 0 atom stereocenters. The molecule has 2 aromatic rings. The summed E-state index contributed by atoms with van der Waals surface area (Å²) in [7, 11) is 0. The number of nitriles is 1. The molecule has 0 heterocycles. The Hall–Kier alpha value is -2.27. The summed E-state index contributed by atoms with van der Waals surface area (Å²) in [6, 6.07) is 17.9. The Balaban J connectivity index is 2.20. The van der Waals surface area contributed by atoms with E-state index in [1.54, 1.807) is 4.90 Å². The molecule has 17 heavy (non-hydrogen) atoms. The van der Waals surface area contributed by atoms with Gasteiger partial charge in [0.1, 0.15) is 0 Å². The van der Waals surface area contributed by atoms with Crippen molar-refractivity contribution >= 4 is 5.69 Å². The Bertz CT molecular complexity index is 526. The van der Waals surface area contributed by atoms with Crippen LogP contribution in [-0.2, 0) is 6.54 Å². The summed E-state index contributed by atoms with van der Waals surface area (Å²) in [5.74, 6) is 0. The topological polar surface area (TPSA) is 27.0 Å². The molecule has 0 aliphatic heterocycles. The standard InChI is InChI=1S/C15H14N2/c1-13-6-5-7-14(10-13)11-17(12-16)15-8-3-2-4-9-15/h2-10H,11H2,1H3. The molecular weight excluding hydrogens is 208 g/mol. The number of hydrogen-bond donors (Lipinski definition) is 0. The van der Waals surface area contributed by atoms with Gasteiger partial charge in [0.05, 0.1) is 12.2 Å². The van der Waals surface area contributed by atoms with Crippen molar-refractivity contribution in [3.05, 3.63) is 65.7 Å². The number of para-hydroxylation sites is 1. The predicted octanol–water partition coefficient (Wildman–Crippen LogP) is 3.48. The molecule has 0 saturated heterocycles. The number of hydrogen-bond acceptors (Lipinski definition) is 2. The molecule has 0 unspecified atom stereocenters. The first kappa shape index (κ1) is 11.2. The molecule has 0 aliphatic carbocycles. The average molecular weight is 222 g/mol. The monoisotopic (exact) mass is 222 g/mol. The molecule has 0 saturated carbocycles. The van der Waals surface area contributed by atoms with Crippen molar-refractivity contribution in [2.75, 3.05) is 4.90 Å². The summed E-state index contributed by atoms with van der Waals surface area (Å²) in [6.07, 6.45) is 2.22. The Labute approximate surface area is 102 Å². The van der Waals surface area contributed by atoms with Gasteiger partial charge in [-0.1, -0.05) is 48.0 Å². The van der Waals surface area contributed by atoms with Crippen molar-refractivity contribution in [3.63, 3.8) is 0 Å². The number of aryl methyl sites for hydroxylation is 1. The fraction of sp³-hybridized carbons (Fsp3) is 0.133. The predicted molar refractivity (Wildman–Crippen MR) is 69.4 cm³/mol. The van der Waals surface area contributed by atoms with E-state index in [-0.39, 0.29) is 0 Å². The van der Waals surface area contributed by atoms with Crippen LogP contribution < -0.4 is 4.90 Å². The summed E-state index contributed by atoms with van der Waals surface area (Å²) in [4.78, 5) is 1.69. The quantitative estimate of drug-likeness (QED) is 0.587. The van der Waals surface area contributed by atoms with E-state index in [1.807, 2.05) is 42.5 Å². The lowest BCUT2D eigenvalue weighted by molar-refractivity contribution is 0.975. The van der Waals surface area contributed by atoms with Gasteiger partial charge in [0, 0.05) is 0 Å². The van der Waals surface area contributed by atoms with Gasteiger partial charge in [-0.3, -0.25) is 4.90 Å². The van der Waals surface area contributed by atoms with E-state index in [2.05, 4.69) is 25.2 Å². The van der Waals surface area contributed by atoms with E-state index < -0.39 is 0 Å². The van der Waals surface area contributed by atoms with Crippen LogP contribution in [0, 0.1) is 18.4 Å². The van der Waals surface area contributed by atoms with Gasteiger partial charge in [-0.05, 0) is 24.6 Å². The van der Waals surface area contributed by atoms with Gasteiger partial charge in [-0.2, -0.15) is 5.26 Å². The molecule has 0 fully saturated rings. The van der Waals surface area contributed by atoms with E-state index >= 15 is 0 Å². The van der Waals surface area contributed by atoms with Crippen LogP contribution in [-0.4, -0.2) is 0 Å². The second kappa shape index (κ2) is 5.18. The third kappa shape index (κ3) is 2.85. The Kier molecular flexibility index (Phi) is 3.42.